The first-order valence-electron chi connectivity index (χ1n) is 6.34. The Morgan fingerprint density at radius 2 is 1.68 bits per heavy atom. The summed E-state index contributed by atoms with van der Waals surface area (Å²) in [6, 6.07) is 6.07. The lowest BCUT2D eigenvalue weighted by atomic mass is 9.86. The van der Waals surface area contributed by atoms with E-state index < -0.39 is 0 Å². The molecule has 0 aromatic heterocycles. The molecule has 0 heterocycles. The van der Waals surface area contributed by atoms with Gasteiger partial charge in [-0.25, -0.2) is 0 Å². The lowest BCUT2D eigenvalue weighted by Crippen LogP contribution is -2.03. The summed E-state index contributed by atoms with van der Waals surface area (Å²) in [7, 11) is 5.91. The summed E-state index contributed by atoms with van der Waals surface area (Å²) in [5.41, 5.74) is 5.61. The predicted octanol–water partition coefficient (Wildman–Crippen LogP) is 4.09. The Balaban J connectivity index is 2.93. The second kappa shape index (κ2) is 5.32. The van der Waals surface area contributed by atoms with Crippen molar-refractivity contribution in [2.75, 3.05) is 0 Å². The summed E-state index contributed by atoms with van der Waals surface area (Å²) >= 11 is 0. The Morgan fingerprint density at radius 1 is 1.00 bits per heavy atom. The van der Waals surface area contributed by atoms with Gasteiger partial charge in [-0.3, -0.25) is 0 Å². The molecule has 0 bridgehead atoms. The lowest BCUT2D eigenvalue weighted by molar-refractivity contribution is 1.41. The van der Waals surface area contributed by atoms with Crippen molar-refractivity contribution >= 4 is 36.2 Å². The van der Waals surface area contributed by atoms with E-state index in [4.69, 9.17) is 7.85 Å². The van der Waals surface area contributed by atoms with Crippen LogP contribution in [0.1, 0.15) is 22.3 Å². The molecule has 0 aliphatic heterocycles. The highest BCUT2D eigenvalue weighted by atomic mass is 14.1. The SMILES string of the molecule is [B]c1ccc2c(C)c(C=C)c(/C=C\C=C)c(C)c2c1. The van der Waals surface area contributed by atoms with E-state index in [1.165, 1.54) is 33.0 Å². The molecule has 92 valence electrons. The van der Waals surface area contributed by atoms with Crippen LogP contribution in [0.2, 0.25) is 0 Å². The number of aryl methyl sites for hydroxylation is 2. The molecule has 19 heavy (non-hydrogen) atoms. The molecule has 2 radical (unpaired) electrons. The molecule has 0 saturated heterocycles. The third-order valence-corrected chi connectivity index (χ3v) is 3.55. The second-order valence-corrected chi connectivity index (χ2v) is 4.68. The number of hydrogen-bond donors (Lipinski definition) is 0. The van der Waals surface area contributed by atoms with Gasteiger partial charge >= 0.3 is 0 Å². The molecule has 0 N–H and O–H groups in total. The maximum atomic E-state index is 5.91. The molecule has 0 nitrogen and oxygen atoms in total. The van der Waals surface area contributed by atoms with E-state index in [9.17, 15) is 0 Å². The van der Waals surface area contributed by atoms with Crippen molar-refractivity contribution in [3.05, 3.63) is 65.8 Å². The molecule has 0 atom stereocenters. The van der Waals surface area contributed by atoms with Crippen molar-refractivity contribution < 1.29 is 0 Å². The zero-order valence-corrected chi connectivity index (χ0v) is 11.5. The molecule has 2 aromatic carbocycles. The van der Waals surface area contributed by atoms with Crippen LogP contribution in [0.3, 0.4) is 0 Å². The van der Waals surface area contributed by atoms with Gasteiger partial charge in [0.2, 0.25) is 0 Å². The number of rotatable bonds is 3. The average Bonchev–Trinajstić information content (AvgIpc) is 2.41. The second-order valence-electron chi connectivity index (χ2n) is 4.68. The van der Waals surface area contributed by atoms with Crippen LogP contribution < -0.4 is 5.46 Å². The van der Waals surface area contributed by atoms with Crippen LogP contribution >= 0.6 is 0 Å². The predicted molar refractivity (Wildman–Crippen MR) is 88.1 cm³/mol. The molecule has 2 aromatic rings. The van der Waals surface area contributed by atoms with Gasteiger partial charge in [-0.1, -0.05) is 61.1 Å². The van der Waals surface area contributed by atoms with E-state index in [0.29, 0.717) is 0 Å². The first-order valence-corrected chi connectivity index (χ1v) is 6.34. The van der Waals surface area contributed by atoms with Gasteiger partial charge in [-0.05, 0) is 46.9 Å². The van der Waals surface area contributed by atoms with E-state index in [1.54, 1.807) is 6.08 Å². The Labute approximate surface area is 116 Å². The van der Waals surface area contributed by atoms with E-state index in [-0.39, 0.29) is 0 Å². The largest absolute Gasteiger partial charge is 0.113 e. The Hall–Kier alpha value is -2.02. The lowest BCUT2D eigenvalue weighted by Gasteiger charge is -2.15. The van der Waals surface area contributed by atoms with E-state index in [0.717, 1.165) is 5.46 Å². The van der Waals surface area contributed by atoms with Gasteiger partial charge in [0.25, 0.3) is 0 Å². The quantitative estimate of drug-likeness (QED) is 0.563. The van der Waals surface area contributed by atoms with Gasteiger partial charge in [0.15, 0.2) is 0 Å². The summed E-state index contributed by atoms with van der Waals surface area (Å²) in [6.07, 6.45) is 7.73. The zero-order valence-electron chi connectivity index (χ0n) is 11.5. The minimum absolute atomic E-state index is 0.792. The summed E-state index contributed by atoms with van der Waals surface area (Å²) in [5, 5.41) is 2.43. The van der Waals surface area contributed by atoms with E-state index in [2.05, 4.69) is 39.1 Å². The van der Waals surface area contributed by atoms with E-state index in [1.807, 2.05) is 24.3 Å². The first-order chi connectivity index (χ1) is 9.10. The topological polar surface area (TPSA) is 0 Å². The van der Waals surface area contributed by atoms with Crippen molar-refractivity contribution in [2.45, 2.75) is 13.8 Å². The molecular formula is C18H17B. The molecule has 1 heteroatoms. The van der Waals surface area contributed by atoms with Crippen LogP contribution in [0.4, 0.5) is 0 Å². The highest BCUT2D eigenvalue weighted by Crippen LogP contribution is 2.31. The minimum atomic E-state index is 0.792. The van der Waals surface area contributed by atoms with Gasteiger partial charge in [0.1, 0.15) is 7.85 Å². The van der Waals surface area contributed by atoms with Gasteiger partial charge in [0.05, 0.1) is 0 Å². The third-order valence-electron chi connectivity index (χ3n) is 3.55. The molecule has 0 fully saturated rings. The number of fused-ring (bicyclic) bond motifs is 1. The van der Waals surface area contributed by atoms with Crippen LogP contribution in [-0.4, -0.2) is 7.85 Å². The van der Waals surface area contributed by atoms with Crippen molar-refractivity contribution in [3.8, 4) is 0 Å². The zero-order chi connectivity index (χ0) is 14.0. The summed E-state index contributed by atoms with van der Waals surface area (Å²) < 4.78 is 0. The van der Waals surface area contributed by atoms with Crippen LogP contribution in [0.15, 0.2) is 43.5 Å². The highest BCUT2D eigenvalue weighted by Gasteiger charge is 2.10. The maximum absolute atomic E-state index is 5.91. The van der Waals surface area contributed by atoms with Gasteiger partial charge in [0, 0.05) is 0 Å². The molecule has 0 amide bonds. The monoisotopic (exact) mass is 244 g/mol. The van der Waals surface area contributed by atoms with Gasteiger partial charge < -0.3 is 0 Å². The molecule has 0 unspecified atom stereocenters. The van der Waals surface area contributed by atoms with Crippen LogP contribution in [0, 0.1) is 13.8 Å². The number of benzene rings is 2. The van der Waals surface area contributed by atoms with Crippen molar-refractivity contribution in [2.24, 2.45) is 0 Å². The molecule has 0 aliphatic carbocycles. The third kappa shape index (κ3) is 2.29. The van der Waals surface area contributed by atoms with Crippen LogP contribution in [-0.2, 0) is 0 Å². The van der Waals surface area contributed by atoms with E-state index >= 15 is 0 Å². The maximum Gasteiger partial charge on any atom is 0.113 e. The smallest absolute Gasteiger partial charge is 0.0991 e. The fraction of sp³-hybridized carbons (Fsp3) is 0.111. The van der Waals surface area contributed by atoms with Crippen LogP contribution in [0.25, 0.3) is 22.9 Å². The normalized spacial score (nSPS) is 11.1. The highest BCUT2D eigenvalue weighted by molar-refractivity contribution is 6.33. The molecular weight excluding hydrogens is 227 g/mol. The fourth-order valence-corrected chi connectivity index (χ4v) is 2.54. The fourth-order valence-electron chi connectivity index (χ4n) is 2.54. The molecule has 0 saturated carbocycles. The number of hydrogen-bond acceptors (Lipinski definition) is 0. The summed E-state index contributed by atoms with van der Waals surface area (Å²) in [4.78, 5) is 0. The van der Waals surface area contributed by atoms with Gasteiger partial charge in [-0.15, -0.1) is 0 Å². The number of allylic oxidation sites excluding steroid dienone is 2. The van der Waals surface area contributed by atoms with Crippen molar-refractivity contribution in [3.63, 3.8) is 0 Å². The first kappa shape index (κ1) is 13.4. The Bertz CT molecular complexity index is 691. The van der Waals surface area contributed by atoms with Crippen LogP contribution in [0.5, 0.6) is 0 Å². The van der Waals surface area contributed by atoms with Crippen molar-refractivity contribution in [1.29, 1.82) is 0 Å². The average molecular weight is 244 g/mol. The van der Waals surface area contributed by atoms with Crippen molar-refractivity contribution in [1.82, 2.24) is 0 Å². The standard InChI is InChI=1S/C18H17B/c1-5-7-8-16-13(4)18-11-14(19)9-10-17(18)12(3)15(16)6-2/h5-11H,1-2H2,3-4H3/b8-7-. The minimum Gasteiger partial charge on any atom is -0.0991 e. The van der Waals surface area contributed by atoms with Gasteiger partial charge in [-0.2, -0.15) is 0 Å². The molecule has 0 spiro atoms. The summed E-state index contributed by atoms with van der Waals surface area (Å²) in [6.45, 7) is 11.9. The molecule has 2 rings (SSSR count). The molecule has 0 aliphatic rings. The Kier molecular flexibility index (Phi) is 3.75. The Morgan fingerprint density at radius 3 is 2.32 bits per heavy atom. The summed E-state index contributed by atoms with van der Waals surface area (Å²) in [5.74, 6) is 0.